The summed E-state index contributed by atoms with van der Waals surface area (Å²) in [5.74, 6) is 0. The lowest BCUT2D eigenvalue weighted by molar-refractivity contribution is 0.0449. The molecule has 0 spiro atoms. The zero-order valence-corrected chi connectivity index (χ0v) is 11.7. The van der Waals surface area contributed by atoms with Gasteiger partial charge in [-0.15, -0.1) is 0 Å². The SMILES string of the molecule is CC(C)(C)c1cccc([C@]2(N)CCCC[C@@H]2O)c1. The van der Waals surface area contributed by atoms with Crippen molar-refractivity contribution < 1.29 is 5.11 Å². The van der Waals surface area contributed by atoms with Gasteiger partial charge in [0, 0.05) is 0 Å². The molecule has 1 fully saturated rings. The van der Waals surface area contributed by atoms with Gasteiger partial charge in [0.25, 0.3) is 0 Å². The van der Waals surface area contributed by atoms with Gasteiger partial charge in [-0.1, -0.05) is 57.9 Å². The third-order valence-electron chi connectivity index (χ3n) is 4.18. The minimum absolute atomic E-state index is 0.117. The van der Waals surface area contributed by atoms with Crippen LogP contribution in [0.15, 0.2) is 24.3 Å². The Hall–Kier alpha value is -0.860. The Morgan fingerprint density at radius 1 is 1.28 bits per heavy atom. The van der Waals surface area contributed by atoms with Crippen molar-refractivity contribution in [2.45, 2.75) is 63.5 Å². The van der Waals surface area contributed by atoms with Crippen LogP contribution in [0, 0.1) is 0 Å². The van der Waals surface area contributed by atoms with E-state index in [4.69, 9.17) is 5.73 Å². The monoisotopic (exact) mass is 247 g/mol. The Bertz CT molecular complexity index is 421. The largest absolute Gasteiger partial charge is 0.391 e. The average Bonchev–Trinajstić information content (AvgIpc) is 2.32. The predicted octanol–water partition coefficient (Wildman–Crippen LogP) is 3.07. The Morgan fingerprint density at radius 2 is 2.00 bits per heavy atom. The summed E-state index contributed by atoms with van der Waals surface area (Å²) in [5, 5.41) is 10.3. The highest BCUT2D eigenvalue weighted by molar-refractivity contribution is 5.34. The second-order valence-corrected chi connectivity index (χ2v) is 6.63. The van der Waals surface area contributed by atoms with E-state index in [2.05, 4.69) is 45.0 Å². The fourth-order valence-electron chi connectivity index (χ4n) is 2.79. The summed E-state index contributed by atoms with van der Waals surface area (Å²) in [4.78, 5) is 0. The molecule has 1 saturated carbocycles. The van der Waals surface area contributed by atoms with Crippen LogP contribution in [0.2, 0.25) is 0 Å². The highest BCUT2D eigenvalue weighted by Crippen LogP contribution is 2.36. The molecule has 0 heterocycles. The van der Waals surface area contributed by atoms with E-state index in [0.717, 1.165) is 31.2 Å². The van der Waals surface area contributed by atoms with Crippen LogP contribution in [0.1, 0.15) is 57.6 Å². The first-order chi connectivity index (χ1) is 8.34. The fourth-order valence-corrected chi connectivity index (χ4v) is 2.79. The molecule has 0 aromatic heterocycles. The maximum Gasteiger partial charge on any atom is 0.0761 e. The van der Waals surface area contributed by atoms with Gasteiger partial charge in [-0.05, 0) is 29.4 Å². The van der Waals surface area contributed by atoms with Crippen LogP contribution >= 0.6 is 0 Å². The Balaban J connectivity index is 2.38. The van der Waals surface area contributed by atoms with Gasteiger partial charge in [-0.2, -0.15) is 0 Å². The van der Waals surface area contributed by atoms with Crippen molar-refractivity contribution in [2.24, 2.45) is 5.73 Å². The summed E-state index contributed by atoms with van der Waals surface area (Å²) >= 11 is 0. The van der Waals surface area contributed by atoms with E-state index in [-0.39, 0.29) is 5.41 Å². The molecule has 0 saturated heterocycles. The Labute approximate surface area is 110 Å². The highest BCUT2D eigenvalue weighted by Gasteiger charge is 2.38. The molecule has 1 aromatic carbocycles. The number of benzene rings is 1. The number of aliphatic hydroxyl groups is 1. The maximum atomic E-state index is 10.3. The van der Waals surface area contributed by atoms with Crippen LogP contribution in [0.4, 0.5) is 0 Å². The third-order valence-corrected chi connectivity index (χ3v) is 4.18. The molecule has 1 aliphatic carbocycles. The van der Waals surface area contributed by atoms with Gasteiger partial charge in [-0.25, -0.2) is 0 Å². The molecule has 100 valence electrons. The Kier molecular flexibility index (Phi) is 3.52. The molecule has 0 amide bonds. The quantitative estimate of drug-likeness (QED) is 0.801. The topological polar surface area (TPSA) is 46.2 Å². The van der Waals surface area contributed by atoms with Crippen molar-refractivity contribution in [3.05, 3.63) is 35.4 Å². The van der Waals surface area contributed by atoms with Crippen LogP contribution in [0.25, 0.3) is 0 Å². The minimum atomic E-state index is -0.556. The number of rotatable bonds is 1. The van der Waals surface area contributed by atoms with Gasteiger partial charge in [0.15, 0.2) is 0 Å². The Morgan fingerprint density at radius 3 is 2.61 bits per heavy atom. The zero-order chi connectivity index (χ0) is 13.4. The molecule has 2 heteroatoms. The molecule has 2 atom stereocenters. The predicted molar refractivity (Wildman–Crippen MR) is 75.5 cm³/mol. The van der Waals surface area contributed by atoms with Gasteiger partial charge in [0.2, 0.25) is 0 Å². The second-order valence-electron chi connectivity index (χ2n) is 6.63. The molecule has 18 heavy (non-hydrogen) atoms. The summed E-state index contributed by atoms with van der Waals surface area (Å²) in [6, 6.07) is 8.44. The van der Waals surface area contributed by atoms with Gasteiger partial charge in [-0.3, -0.25) is 0 Å². The van der Waals surface area contributed by atoms with Crippen LogP contribution in [0.3, 0.4) is 0 Å². The van der Waals surface area contributed by atoms with Gasteiger partial charge in [0.1, 0.15) is 0 Å². The van der Waals surface area contributed by atoms with Crippen LogP contribution in [-0.4, -0.2) is 11.2 Å². The lowest BCUT2D eigenvalue weighted by Crippen LogP contribution is -2.50. The number of hydrogen-bond donors (Lipinski definition) is 2. The minimum Gasteiger partial charge on any atom is -0.391 e. The van der Waals surface area contributed by atoms with E-state index in [1.807, 2.05) is 0 Å². The first-order valence-electron chi connectivity index (χ1n) is 6.92. The van der Waals surface area contributed by atoms with Crippen molar-refractivity contribution in [1.82, 2.24) is 0 Å². The third kappa shape index (κ3) is 2.45. The molecular formula is C16H25NO. The van der Waals surface area contributed by atoms with Crippen molar-refractivity contribution in [2.75, 3.05) is 0 Å². The second kappa shape index (κ2) is 4.67. The van der Waals surface area contributed by atoms with Crippen LogP contribution in [-0.2, 0) is 11.0 Å². The summed E-state index contributed by atoms with van der Waals surface area (Å²) in [6.07, 6.45) is 3.46. The normalized spacial score (nSPS) is 29.3. The molecule has 2 nitrogen and oxygen atoms in total. The molecule has 1 aromatic rings. The first-order valence-corrected chi connectivity index (χ1v) is 6.92. The maximum absolute atomic E-state index is 10.3. The van der Waals surface area contributed by atoms with E-state index < -0.39 is 11.6 Å². The summed E-state index contributed by atoms with van der Waals surface area (Å²) < 4.78 is 0. The lowest BCUT2D eigenvalue weighted by Gasteiger charge is -2.39. The number of nitrogens with two attached hydrogens (primary N) is 1. The van der Waals surface area contributed by atoms with E-state index >= 15 is 0 Å². The highest BCUT2D eigenvalue weighted by atomic mass is 16.3. The summed E-state index contributed by atoms with van der Waals surface area (Å²) in [7, 11) is 0. The van der Waals surface area contributed by atoms with Crippen molar-refractivity contribution in [1.29, 1.82) is 0 Å². The van der Waals surface area contributed by atoms with E-state index in [1.54, 1.807) is 0 Å². The molecule has 0 bridgehead atoms. The summed E-state index contributed by atoms with van der Waals surface area (Å²) in [6.45, 7) is 6.60. The van der Waals surface area contributed by atoms with E-state index in [0.29, 0.717) is 0 Å². The zero-order valence-electron chi connectivity index (χ0n) is 11.7. The van der Waals surface area contributed by atoms with Crippen LogP contribution in [0.5, 0.6) is 0 Å². The van der Waals surface area contributed by atoms with Crippen LogP contribution < -0.4 is 5.73 Å². The number of aliphatic hydroxyl groups excluding tert-OH is 1. The average molecular weight is 247 g/mol. The number of hydrogen-bond acceptors (Lipinski definition) is 2. The van der Waals surface area contributed by atoms with Gasteiger partial charge < -0.3 is 10.8 Å². The van der Waals surface area contributed by atoms with Gasteiger partial charge in [0.05, 0.1) is 11.6 Å². The van der Waals surface area contributed by atoms with Crippen molar-refractivity contribution in [3.8, 4) is 0 Å². The fraction of sp³-hybridized carbons (Fsp3) is 0.625. The molecule has 3 N–H and O–H groups in total. The van der Waals surface area contributed by atoms with Crippen molar-refractivity contribution >= 4 is 0 Å². The molecule has 0 aliphatic heterocycles. The molecule has 2 rings (SSSR count). The van der Waals surface area contributed by atoms with Crippen molar-refractivity contribution in [3.63, 3.8) is 0 Å². The van der Waals surface area contributed by atoms with Gasteiger partial charge >= 0.3 is 0 Å². The van der Waals surface area contributed by atoms with E-state index in [1.165, 1.54) is 5.56 Å². The molecule has 0 radical (unpaired) electrons. The first kappa shape index (κ1) is 13.6. The van der Waals surface area contributed by atoms with E-state index in [9.17, 15) is 5.11 Å². The molecule has 0 unspecified atom stereocenters. The standard InChI is InChI=1S/C16H25NO/c1-15(2,3)12-7-6-8-13(11-12)16(17)10-5-4-9-14(16)18/h6-8,11,14,18H,4-5,9-10,17H2,1-3H3/t14-,16+/m0/s1. The lowest BCUT2D eigenvalue weighted by atomic mass is 9.73. The summed E-state index contributed by atoms with van der Waals surface area (Å²) in [5.41, 5.74) is 8.41. The molecule has 1 aliphatic rings. The smallest absolute Gasteiger partial charge is 0.0761 e. The molecular weight excluding hydrogens is 222 g/mol.